The summed E-state index contributed by atoms with van der Waals surface area (Å²) >= 11 is -0.433. The van der Waals surface area contributed by atoms with E-state index in [2.05, 4.69) is 15.6 Å². The number of carbonyl (C=O) groups excluding carboxylic acids is 2. The van der Waals surface area contributed by atoms with Gasteiger partial charge in [0.25, 0.3) is 5.91 Å². The highest BCUT2D eigenvalue weighted by atomic mass is 32.2. The summed E-state index contributed by atoms with van der Waals surface area (Å²) in [5, 5.41) is 4.76. The van der Waals surface area contributed by atoms with Crippen LogP contribution in [0.15, 0.2) is 47.6 Å². The lowest BCUT2D eigenvalue weighted by atomic mass is 10.2. The first kappa shape index (κ1) is 18.8. The van der Waals surface area contributed by atoms with E-state index >= 15 is 0 Å². The predicted octanol–water partition coefficient (Wildman–Crippen LogP) is 3.58. The van der Waals surface area contributed by atoms with E-state index in [9.17, 15) is 22.8 Å². The van der Waals surface area contributed by atoms with Gasteiger partial charge < -0.3 is 10.6 Å². The van der Waals surface area contributed by atoms with Crippen molar-refractivity contribution in [1.82, 2.24) is 10.3 Å². The summed E-state index contributed by atoms with van der Waals surface area (Å²) in [6, 6.07) is 9.45. The lowest BCUT2D eigenvalue weighted by Crippen LogP contribution is -2.24. The van der Waals surface area contributed by atoms with Gasteiger partial charge in [-0.1, -0.05) is 12.1 Å². The van der Waals surface area contributed by atoms with Crippen molar-refractivity contribution < 1.29 is 22.8 Å². The van der Waals surface area contributed by atoms with Gasteiger partial charge in [0.05, 0.1) is 5.56 Å². The molecule has 0 radical (unpaired) electrons. The van der Waals surface area contributed by atoms with E-state index in [1.165, 1.54) is 25.3 Å². The van der Waals surface area contributed by atoms with E-state index < -0.39 is 28.2 Å². The van der Waals surface area contributed by atoms with Crippen LogP contribution in [0, 0.1) is 0 Å². The van der Waals surface area contributed by atoms with E-state index in [1.807, 2.05) is 0 Å². The van der Waals surface area contributed by atoms with Gasteiger partial charge in [-0.2, -0.15) is 13.2 Å². The molecular formula is C16H14F3N3O2S. The zero-order valence-electron chi connectivity index (χ0n) is 13.1. The minimum Gasteiger partial charge on any atom is -0.348 e. The van der Waals surface area contributed by atoms with Crippen molar-refractivity contribution in [2.75, 3.05) is 5.32 Å². The lowest BCUT2D eigenvalue weighted by molar-refractivity contribution is -0.114. The van der Waals surface area contributed by atoms with Crippen LogP contribution in [0.1, 0.15) is 22.8 Å². The molecule has 0 aliphatic rings. The second kappa shape index (κ2) is 8.02. The van der Waals surface area contributed by atoms with Crippen molar-refractivity contribution in [1.29, 1.82) is 0 Å². The smallest absolute Gasteiger partial charge is 0.348 e. The normalized spacial score (nSPS) is 11.0. The number of hydrogen-bond acceptors (Lipinski definition) is 4. The first-order valence-electron chi connectivity index (χ1n) is 7.10. The molecule has 0 unspecified atom stereocenters. The van der Waals surface area contributed by atoms with Crippen LogP contribution in [0.2, 0.25) is 0 Å². The Morgan fingerprint density at radius 3 is 2.64 bits per heavy atom. The number of benzene rings is 1. The van der Waals surface area contributed by atoms with Crippen molar-refractivity contribution in [3.63, 3.8) is 0 Å². The summed E-state index contributed by atoms with van der Waals surface area (Å²) in [6.45, 7) is 1.47. The molecule has 1 heterocycles. The van der Waals surface area contributed by atoms with Crippen molar-refractivity contribution >= 4 is 29.3 Å². The molecule has 2 rings (SSSR count). The largest absolute Gasteiger partial charge is 0.447 e. The Hall–Kier alpha value is -2.55. The zero-order chi connectivity index (χ0) is 18.4. The number of pyridine rings is 1. The Morgan fingerprint density at radius 1 is 1.20 bits per heavy atom. The number of nitrogens with one attached hydrogen (secondary N) is 2. The van der Waals surface area contributed by atoms with Gasteiger partial charge in [0, 0.05) is 37.1 Å². The minimum atomic E-state index is -4.53. The molecule has 25 heavy (non-hydrogen) atoms. The van der Waals surface area contributed by atoms with Gasteiger partial charge in [-0.05, 0) is 29.8 Å². The fourth-order valence-electron chi connectivity index (χ4n) is 1.99. The minimum absolute atomic E-state index is 0.0945. The summed E-state index contributed by atoms with van der Waals surface area (Å²) in [4.78, 5) is 26.9. The highest BCUT2D eigenvalue weighted by molar-refractivity contribution is 8.00. The van der Waals surface area contributed by atoms with Crippen molar-refractivity contribution in [2.24, 2.45) is 0 Å². The second-order valence-electron chi connectivity index (χ2n) is 4.97. The first-order chi connectivity index (χ1) is 11.7. The summed E-state index contributed by atoms with van der Waals surface area (Å²) in [5.41, 5.74) is -3.43. The second-order valence-corrected chi connectivity index (χ2v) is 6.02. The maximum atomic E-state index is 12.5. The molecule has 0 saturated heterocycles. The molecule has 132 valence electrons. The van der Waals surface area contributed by atoms with Crippen molar-refractivity contribution in [3.05, 3.63) is 53.7 Å². The monoisotopic (exact) mass is 369 g/mol. The third-order valence-corrected chi connectivity index (χ3v) is 3.68. The fraction of sp³-hybridized carbons (Fsp3) is 0.188. The van der Waals surface area contributed by atoms with E-state index in [4.69, 9.17) is 0 Å². The third kappa shape index (κ3) is 6.11. The molecule has 2 amide bonds. The molecule has 0 saturated carbocycles. The van der Waals surface area contributed by atoms with Gasteiger partial charge >= 0.3 is 5.51 Å². The number of amides is 2. The number of rotatable bonds is 5. The molecule has 5 nitrogen and oxygen atoms in total. The molecule has 2 N–H and O–H groups in total. The summed E-state index contributed by atoms with van der Waals surface area (Å²) in [6.07, 6.45) is 1.20. The van der Waals surface area contributed by atoms with Gasteiger partial charge in [0.1, 0.15) is 5.03 Å². The van der Waals surface area contributed by atoms with E-state index in [-0.39, 0.29) is 18.0 Å². The maximum absolute atomic E-state index is 12.5. The first-order valence-corrected chi connectivity index (χ1v) is 7.92. The topological polar surface area (TPSA) is 71.1 Å². The van der Waals surface area contributed by atoms with E-state index in [0.717, 1.165) is 0 Å². The molecular weight excluding hydrogens is 355 g/mol. The third-order valence-electron chi connectivity index (χ3n) is 2.93. The molecule has 2 aromatic rings. The van der Waals surface area contributed by atoms with Gasteiger partial charge in [-0.15, -0.1) is 0 Å². The number of carbonyl (C=O) groups is 2. The van der Waals surface area contributed by atoms with Crippen LogP contribution in [-0.2, 0) is 11.3 Å². The maximum Gasteiger partial charge on any atom is 0.447 e. The van der Waals surface area contributed by atoms with Crippen molar-refractivity contribution in [2.45, 2.75) is 24.0 Å². The summed E-state index contributed by atoms with van der Waals surface area (Å²) in [7, 11) is 0. The van der Waals surface area contributed by atoms with Crippen LogP contribution >= 0.6 is 11.8 Å². The predicted molar refractivity (Wildman–Crippen MR) is 88.1 cm³/mol. The number of alkyl halides is 3. The summed E-state index contributed by atoms with van der Waals surface area (Å²) in [5.74, 6) is -0.893. The molecule has 9 heteroatoms. The molecule has 0 atom stereocenters. The number of nitrogens with zero attached hydrogens (tertiary/aromatic N) is 1. The average molecular weight is 369 g/mol. The highest BCUT2D eigenvalue weighted by Crippen LogP contribution is 2.37. The Bertz CT molecular complexity index is 781. The Balaban J connectivity index is 2.07. The van der Waals surface area contributed by atoms with Gasteiger partial charge in [-0.25, -0.2) is 4.98 Å². The Labute approximate surface area is 146 Å². The number of thioether (sulfide) groups is 1. The van der Waals surface area contributed by atoms with E-state index in [0.29, 0.717) is 11.3 Å². The molecule has 1 aromatic heterocycles. The SMILES string of the molecule is CC(=O)Nc1cccc(CNC(=O)c2cccnc2SC(F)(F)F)c1. The average Bonchev–Trinajstić information content (AvgIpc) is 2.51. The number of halogens is 3. The van der Waals surface area contributed by atoms with Crippen LogP contribution in [-0.4, -0.2) is 22.3 Å². The van der Waals surface area contributed by atoms with Crippen LogP contribution < -0.4 is 10.6 Å². The summed E-state index contributed by atoms with van der Waals surface area (Å²) < 4.78 is 37.6. The van der Waals surface area contributed by atoms with Gasteiger partial charge in [-0.3, -0.25) is 9.59 Å². The van der Waals surface area contributed by atoms with Gasteiger partial charge in [0.2, 0.25) is 5.91 Å². The Kier molecular flexibility index (Phi) is 6.02. The van der Waals surface area contributed by atoms with Crippen molar-refractivity contribution in [3.8, 4) is 0 Å². The molecule has 0 aliphatic heterocycles. The van der Waals surface area contributed by atoms with E-state index in [1.54, 1.807) is 24.3 Å². The standard InChI is InChI=1S/C16H14F3N3O2S/c1-10(23)22-12-5-2-4-11(8-12)9-21-14(24)13-6-3-7-20-15(13)25-16(17,18)19/h2-8H,9H2,1H3,(H,21,24)(H,22,23). The molecule has 0 aliphatic carbocycles. The quantitative estimate of drug-likeness (QED) is 0.791. The fourth-order valence-corrected chi connectivity index (χ4v) is 2.60. The van der Waals surface area contributed by atoms with Crippen LogP contribution in [0.3, 0.4) is 0 Å². The number of anilines is 1. The zero-order valence-corrected chi connectivity index (χ0v) is 13.9. The molecule has 0 spiro atoms. The van der Waals surface area contributed by atoms with Gasteiger partial charge in [0.15, 0.2) is 0 Å². The van der Waals surface area contributed by atoms with Crippen LogP contribution in [0.25, 0.3) is 0 Å². The highest BCUT2D eigenvalue weighted by Gasteiger charge is 2.32. The lowest BCUT2D eigenvalue weighted by Gasteiger charge is -2.11. The molecule has 0 fully saturated rings. The van der Waals surface area contributed by atoms with Crippen LogP contribution in [0.5, 0.6) is 0 Å². The number of hydrogen-bond donors (Lipinski definition) is 2. The molecule has 1 aromatic carbocycles. The van der Waals surface area contributed by atoms with Crippen LogP contribution in [0.4, 0.5) is 18.9 Å². The number of aromatic nitrogens is 1. The Morgan fingerprint density at radius 2 is 1.96 bits per heavy atom. The molecule has 0 bridgehead atoms.